The molecule has 6 nitrogen and oxygen atoms in total. The zero-order chi connectivity index (χ0) is 18.3. The largest absolute Gasteiger partial charge is 0.383 e. The van der Waals surface area contributed by atoms with E-state index in [1.165, 1.54) is 11.8 Å². The zero-order valence-electron chi connectivity index (χ0n) is 13.3. The summed E-state index contributed by atoms with van der Waals surface area (Å²) >= 11 is 6.32. The number of benzene rings is 1. The quantitative estimate of drug-likeness (QED) is 0.638. The molecule has 1 aromatic carbocycles. The third-order valence-electron chi connectivity index (χ3n) is 3.56. The lowest BCUT2D eigenvalue weighted by molar-refractivity contribution is 0.0799. The number of aryl methyl sites for hydroxylation is 1. The van der Waals surface area contributed by atoms with Gasteiger partial charge in [0.25, 0.3) is 0 Å². The second kappa shape index (κ2) is 6.33. The smallest absolute Gasteiger partial charge is 0.275 e. The molecule has 0 saturated carbocycles. The Kier molecular flexibility index (Phi) is 4.12. The normalized spacial score (nSPS) is 15.8. The Bertz CT molecular complexity index is 1020. The number of alkyl halides is 3. The van der Waals surface area contributed by atoms with Crippen LogP contribution < -0.4 is 0 Å². The topological polar surface area (TPSA) is 60.9 Å². The maximum atomic E-state index is 13.6. The monoisotopic (exact) mass is 392 g/mol. The summed E-state index contributed by atoms with van der Waals surface area (Å²) in [5.74, 6) is -0.716. The minimum atomic E-state index is -3.67. The number of allylic oxidation sites excluding steroid dienone is 1. The molecule has 10 heteroatoms. The van der Waals surface area contributed by atoms with E-state index in [9.17, 15) is 8.78 Å². The van der Waals surface area contributed by atoms with Crippen LogP contribution in [0.5, 0.6) is 0 Å². The Morgan fingerprint density at radius 3 is 2.58 bits per heavy atom. The van der Waals surface area contributed by atoms with Gasteiger partial charge < -0.3 is 0 Å². The van der Waals surface area contributed by atoms with Crippen LogP contribution in [0.3, 0.4) is 0 Å². The lowest BCUT2D eigenvalue weighted by atomic mass is 10.1. The van der Waals surface area contributed by atoms with Crippen LogP contribution >= 0.6 is 23.4 Å². The summed E-state index contributed by atoms with van der Waals surface area (Å²) in [4.78, 5) is 0.722. The molecular weight excluding hydrogens is 382 g/mol. The van der Waals surface area contributed by atoms with E-state index in [0.29, 0.717) is 5.71 Å². The van der Waals surface area contributed by atoms with Crippen LogP contribution in [0.15, 0.2) is 57.8 Å². The maximum Gasteiger partial charge on any atom is 0.383 e. The molecule has 0 bridgehead atoms. The molecule has 1 aliphatic rings. The third-order valence-corrected chi connectivity index (χ3v) is 4.70. The van der Waals surface area contributed by atoms with Crippen LogP contribution in [0.25, 0.3) is 6.08 Å². The molecular formula is C16H11ClF2N6S. The van der Waals surface area contributed by atoms with Gasteiger partial charge in [-0.3, -0.25) is 4.68 Å². The number of fused-ring (bicyclic) bond motifs is 1. The molecule has 0 aliphatic carbocycles. The van der Waals surface area contributed by atoms with E-state index in [1.54, 1.807) is 4.68 Å². The van der Waals surface area contributed by atoms with Crippen LogP contribution in [0.2, 0.25) is 0 Å². The summed E-state index contributed by atoms with van der Waals surface area (Å²) in [7, 11) is 1.81. The molecule has 0 fully saturated rings. The highest BCUT2D eigenvalue weighted by Crippen LogP contribution is 2.39. The molecule has 1 aliphatic heterocycles. The van der Waals surface area contributed by atoms with E-state index in [-0.39, 0.29) is 5.16 Å². The van der Waals surface area contributed by atoms with E-state index in [0.717, 1.165) is 20.8 Å². The van der Waals surface area contributed by atoms with Crippen molar-refractivity contribution in [2.45, 2.75) is 10.5 Å². The SMILES string of the molecule is Cn1ccc(/C=C2/Sc3nnc(C(F)(F)Cl)n3N=C2c2ccccc2)n1. The summed E-state index contributed by atoms with van der Waals surface area (Å²) in [6.45, 7) is 0. The van der Waals surface area contributed by atoms with Crippen molar-refractivity contribution in [3.05, 3.63) is 64.6 Å². The molecule has 0 N–H and O–H groups in total. The molecule has 0 radical (unpaired) electrons. The van der Waals surface area contributed by atoms with Gasteiger partial charge in [0.2, 0.25) is 11.0 Å². The number of thioether (sulfide) groups is 1. The predicted molar refractivity (Wildman–Crippen MR) is 95.2 cm³/mol. The lowest BCUT2D eigenvalue weighted by Crippen LogP contribution is -2.17. The van der Waals surface area contributed by atoms with Gasteiger partial charge in [-0.1, -0.05) is 30.3 Å². The highest BCUT2D eigenvalue weighted by Gasteiger charge is 2.38. The first kappa shape index (κ1) is 16.9. The lowest BCUT2D eigenvalue weighted by Gasteiger charge is -2.17. The van der Waals surface area contributed by atoms with E-state index in [2.05, 4.69) is 20.4 Å². The van der Waals surface area contributed by atoms with Gasteiger partial charge in [0.05, 0.1) is 5.69 Å². The number of hydrogen-bond donors (Lipinski definition) is 0. The second-order valence-corrected chi connectivity index (χ2v) is 6.94. The van der Waals surface area contributed by atoms with Crippen molar-refractivity contribution in [1.82, 2.24) is 24.7 Å². The molecule has 2 aromatic heterocycles. The summed E-state index contributed by atoms with van der Waals surface area (Å²) in [5.41, 5.74) is 2.00. The Morgan fingerprint density at radius 1 is 1.15 bits per heavy atom. The fourth-order valence-corrected chi connectivity index (χ4v) is 3.48. The summed E-state index contributed by atoms with van der Waals surface area (Å²) in [6, 6.07) is 11.1. The molecule has 4 rings (SSSR count). The summed E-state index contributed by atoms with van der Waals surface area (Å²) in [5, 5.41) is 12.5. The Labute approximate surface area is 156 Å². The Hall–Kier alpha value is -2.52. The molecule has 0 saturated heterocycles. The summed E-state index contributed by atoms with van der Waals surface area (Å²) < 4.78 is 29.8. The first-order valence-corrected chi connectivity index (χ1v) is 8.68. The molecule has 0 atom stereocenters. The van der Waals surface area contributed by atoms with E-state index in [1.807, 2.05) is 55.7 Å². The van der Waals surface area contributed by atoms with Crippen molar-refractivity contribution in [2.24, 2.45) is 12.1 Å². The van der Waals surface area contributed by atoms with Crippen LogP contribution in [0.4, 0.5) is 8.78 Å². The minimum Gasteiger partial charge on any atom is -0.275 e. The van der Waals surface area contributed by atoms with Crippen molar-refractivity contribution in [3.8, 4) is 0 Å². The van der Waals surface area contributed by atoms with Crippen molar-refractivity contribution in [3.63, 3.8) is 0 Å². The predicted octanol–water partition coefficient (Wildman–Crippen LogP) is 3.70. The fourth-order valence-electron chi connectivity index (χ4n) is 2.43. The number of hydrogen-bond acceptors (Lipinski definition) is 5. The second-order valence-electron chi connectivity index (χ2n) is 5.46. The average molecular weight is 393 g/mol. The fraction of sp³-hybridized carbons (Fsp3) is 0.125. The molecule has 0 spiro atoms. The van der Waals surface area contributed by atoms with Gasteiger partial charge in [0.15, 0.2) is 0 Å². The van der Waals surface area contributed by atoms with Crippen LogP contribution in [0.1, 0.15) is 17.1 Å². The van der Waals surface area contributed by atoms with Crippen LogP contribution in [-0.4, -0.2) is 30.4 Å². The van der Waals surface area contributed by atoms with Gasteiger partial charge in [-0.15, -0.1) is 10.2 Å². The molecule has 26 heavy (non-hydrogen) atoms. The maximum absolute atomic E-state index is 13.6. The summed E-state index contributed by atoms with van der Waals surface area (Å²) in [6.07, 6.45) is 3.64. The number of halogens is 3. The standard InChI is InChI=1S/C16H11ClF2N6S/c1-24-8-7-11(22-24)9-12-13(10-5-3-2-4-6-10)23-25-14(16(17,18)19)20-21-15(25)26-12/h2-9H,1H3/b12-9+. The van der Waals surface area contributed by atoms with Crippen molar-refractivity contribution >= 4 is 35.2 Å². The average Bonchev–Trinajstić information content (AvgIpc) is 3.20. The molecule has 3 heterocycles. The zero-order valence-corrected chi connectivity index (χ0v) is 14.9. The van der Waals surface area contributed by atoms with Gasteiger partial charge in [-0.25, -0.2) is 0 Å². The molecule has 0 unspecified atom stereocenters. The highest BCUT2D eigenvalue weighted by atomic mass is 35.5. The van der Waals surface area contributed by atoms with Gasteiger partial charge in [-0.05, 0) is 35.5 Å². The van der Waals surface area contributed by atoms with E-state index >= 15 is 0 Å². The first-order chi connectivity index (χ1) is 12.4. The first-order valence-electron chi connectivity index (χ1n) is 7.48. The Morgan fingerprint density at radius 2 is 1.92 bits per heavy atom. The molecule has 3 aromatic rings. The number of nitrogens with zero attached hydrogens (tertiary/aromatic N) is 6. The van der Waals surface area contributed by atoms with Crippen LogP contribution in [-0.2, 0) is 12.4 Å². The van der Waals surface area contributed by atoms with Gasteiger partial charge >= 0.3 is 5.38 Å². The van der Waals surface area contributed by atoms with Crippen LogP contribution in [0, 0.1) is 0 Å². The molecule has 132 valence electrons. The van der Waals surface area contributed by atoms with Crippen molar-refractivity contribution < 1.29 is 8.78 Å². The van der Waals surface area contributed by atoms with Gasteiger partial charge in [0.1, 0.15) is 5.71 Å². The van der Waals surface area contributed by atoms with Crippen molar-refractivity contribution in [1.29, 1.82) is 0 Å². The van der Waals surface area contributed by atoms with E-state index in [4.69, 9.17) is 11.6 Å². The van der Waals surface area contributed by atoms with Gasteiger partial charge in [0, 0.05) is 23.7 Å². The minimum absolute atomic E-state index is 0.210. The van der Waals surface area contributed by atoms with E-state index < -0.39 is 11.2 Å². The third kappa shape index (κ3) is 3.15. The van der Waals surface area contributed by atoms with Gasteiger partial charge in [-0.2, -0.15) is 23.7 Å². The van der Waals surface area contributed by atoms with Crippen molar-refractivity contribution in [2.75, 3.05) is 0 Å². The number of rotatable bonds is 3. The highest BCUT2D eigenvalue weighted by molar-refractivity contribution is 8.04. The number of aromatic nitrogens is 5. The Balaban J connectivity index is 1.88. The molecule has 0 amide bonds.